The van der Waals surface area contributed by atoms with Gasteiger partial charge in [-0.05, 0) is 42.8 Å². The Balaban J connectivity index is 1.57. The number of hydrogen-bond donors (Lipinski definition) is 1. The predicted molar refractivity (Wildman–Crippen MR) is 121 cm³/mol. The molecule has 0 aromatic heterocycles. The van der Waals surface area contributed by atoms with E-state index in [0.29, 0.717) is 57.7 Å². The second kappa shape index (κ2) is 10.5. The average Bonchev–Trinajstić information content (AvgIpc) is 3.01. The quantitative estimate of drug-likeness (QED) is 0.327. The van der Waals surface area contributed by atoms with Crippen LogP contribution in [0.25, 0.3) is 6.08 Å². The lowest BCUT2D eigenvalue weighted by Crippen LogP contribution is -2.17. The van der Waals surface area contributed by atoms with E-state index in [9.17, 15) is 4.79 Å². The molecular weight excluding hydrogens is 430 g/mol. The lowest BCUT2D eigenvalue weighted by molar-refractivity contribution is -0.115. The summed E-state index contributed by atoms with van der Waals surface area (Å²) in [5.41, 5.74) is 0.838. The Morgan fingerprint density at radius 1 is 1.07 bits per heavy atom. The molecule has 1 N–H and O–H groups in total. The van der Waals surface area contributed by atoms with Crippen molar-refractivity contribution in [2.24, 2.45) is 0 Å². The van der Waals surface area contributed by atoms with Crippen LogP contribution in [0.3, 0.4) is 0 Å². The Labute approximate surface area is 184 Å². The summed E-state index contributed by atoms with van der Waals surface area (Å²) in [6.07, 6.45) is 2.47. The third-order valence-electron chi connectivity index (χ3n) is 3.85. The van der Waals surface area contributed by atoms with E-state index in [1.54, 1.807) is 12.1 Å². The molecule has 3 rings (SSSR count). The van der Waals surface area contributed by atoms with E-state index in [4.69, 9.17) is 38.0 Å². The maximum atomic E-state index is 11.8. The van der Waals surface area contributed by atoms with Gasteiger partial charge in [0, 0.05) is 6.42 Å². The van der Waals surface area contributed by atoms with Crippen molar-refractivity contribution in [1.29, 1.82) is 0 Å². The van der Waals surface area contributed by atoms with Gasteiger partial charge >= 0.3 is 0 Å². The second-order valence-electron chi connectivity index (χ2n) is 5.97. The van der Waals surface area contributed by atoms with Gasteiger partial charge in [0.1, 0.15) is 10.1 Å². The van der Waals surface area contributed by atoms with E-state index in [1.807, 2.05) is 43.3 Å². The number of nitrogens with one attached hydrogen (secondary N) is 1. The number of ether oxygens (including phenoxy) is 3. The molecule has 1 amide bonds. The highest BCUT2D eigenvalue weighted by molar-refractivity contribution is 8.26. The van der Waals surface area contributed by atoms with Crippen LogP contribution in [0.4, 0.5) is 0 Å². The molecule has 1 aliphatic heterocycles. The van der Waals surface area contributed by atoms with Gasteiger partial charge in [-0.25, -0.2) is 0 Å². The van der Waals surface area contributed by atoms with Crippen LogP contribution in [0.2, 0.25) is 5.02 Å². The Morgan fingerprint density at radius 3 is 2.52 bits per heavy atom. The van der Waals surface area contributed by atoms with Crippen LogP contribution in [-0.2, 0) is 4.79 Å². The van der Waals surface area contributed by atoms with Crippen LogP contribution in [0.5, 0.6) is 17.2 Å². The number of benzene rings is 2. The number of thiocarbonyl (C=S) groups is 1. The summed E-state index contributed by atoms with van der Waals surface area (Å²) in [5, 5.41) is 3.19. The minimum Gasteiger partial charge on any atom is -0.492 e. The van der Waals surface area contributed by atoms with E-state index in [-0.39, 0.29) is 5.91 Å². The van der Waals surface area contributed by atoms with E-state index < -0.39 is 0 Å². The minimum absolute atomic E-state index is 0.184. The van der Waals surface area contributed by atoms with Gasteiger partial charge in [0.2, 0.25) is 0 Å². The molecule has 152 valence electrons. The molecule has 1 saturated heterocycles. The first-order valence-corrected chi connectivity index (χ1v) is 10.7. The summed E-state index contributed by atoms with van der Waals surface area (Å²) in [7, 11) is 0. The number of rotatable bonds is 9. The maximum Gasteiger partial charge on any atom is 0.263 e. The zero-order valence-electron chi connectivity index (χ0n) is 15.8. The number of amides is 1. The summed E-state index contributed by atoms with van der Waals surface area (Å²) in [6, 6.07) is 12.9. The van der Waals surface area contributed by atoms with Crippen molar-refractivity contribution in [1.82, 2.24) is 5.32 Å². The Morgan fingerprint density at radius 2 is 1.83 bits per heavy atom. The van der Waals surface area contributed by atoms with E-state index >= 15 is 0 Å². The first-order valence-electron chi connectivity index (χ1n) is 9.08. The topological polar surface area (TPSA) is 56.8 Å². The lowest BCUT2D eigenvalue weighted by Gasteiger charge is -2.13. The Hall–Kier alpha value is -2.22. The number of carbonyl (C=O) groups is 1. The summed E-state index contributed by atoms with van der Waals surface area (Å²) in [6.45, 7) is 3.37. The molecule has 0 saturated carbocycles. The fourth-order valence-corrected chi connectivity index (χ4v) is 3.79. The molecule has 2 aromatic rings. The predicted octanol–water partition coefficient (Wildman–Crippen LogP) is 5.08. The summed E-state index contributed by atoms with van der Waals surface area (Å²) in [4.78, 5) is 12.4. The number of carbonyl (C=O) groups excluding carboxylic acids is 1. The molecule has 2 aromatic carbocycles. The minimum atomic E-state index is -0.184. The van der Waals surface area contributed by atoms with Crippen LogP contribution < -0.4 is 19.5 Å². The molecule has 0 bridgehead atoms. The fourth-order valence-electron chi connectivity index (χ4n) is 2.56. The zero-order chi connectivity index (χ0) is 20.6. The lowest BCUT2D eigenvalue weighted by atomic mass is 10.2. The van der Waals surface area contributed by atoms with Crippen LogP contribution in [0, 0.1) is 0 Å². The summed E-state index contributed by atoms with van der Waals surface area (Å²) in [5.74, 6) is 1.75. The number of para-hydroxylation sites is 1. The second-order valence-corrected chi connectivity index (χ2v) is 8.10. The molecule has 0 radical (unpaired) electrons. The first kappa shape index (κ1) is 21.5. The standard InChI is InChI=1S/C21H20ClNO4S2/c1-2-25-18-12-14(13-19-20(24)23-21(28)29-19)8-9-17(18)27-11-5-10-26-16-7-4-3-6-15(16)22/h3-4,6-9,12-13H,2,5,10-11H2,1H3,(H,23,24,28)/b19-13+. The zero-order valence-corrected chi connectivity index (χ0v) is 18.2. The van der Waals surface area contributed by atoms with Gasteiger partial charge < -0.3 is 19.5 Å². The van der Waals surface area contributed by atoms with Crippen molar-refractivity contribution in [2.45, 2.75) is 13.3 Å². The van der Waals surface area contributed by atoms with Crippen LogP contribution in [0.15, 0.2) is 47.4 Å². The SMILES string of the molecule is CCOc1cc(/C=C2/SC(=S)NC2=O)ccc1OCCCOc1ccccc1Cl. The third-order valence-corrected chi connectivity index (χ3v) is 5.32. The Bertz CT molecular complexity index is 933. The largest absolute Gasteiger partial charge is 0.492 e. The Kier molecular flexibility index (Phi) is 7.80. The van der Waals surface area contributed by atoms with Gasteiger partial charge in [-0.2, -0.15) is 0 Å². The van der Waals surface area contributed by atoms with E-state index in [0.717, 1.165) is 5.56 Å². The highest BCUT2D eigenvalue weighted by Crippen LogP contribution is 2.32. The fraction of sp³-hybridized carbons (Fsp3) is 0.238. The molecule has 29 heavy (non-hydrogen) atoms. The van der Waals surface area contributed by atoms with Crippen LogP contribution >= 0.6 is 35.6 Å². The molecule has 0 unspecified atom stereocenters. The number of halogens is 1. The van der Waals surface area contributed by atoms with Crippen molar-refractivity contribution in [2.75, 3.05) is 19.8 Å². The van der Waals surface area contributed by atoms with Crippen LogP contribution in [-0.4, -0.2) is 30.0 Å². The van der Waals surface area contributed by atoms with Gasteiger partial charge in [-0.1, -0.05) is 53.8 Å². The highest BCUT2D eigenvalue weighted by atomic mass is 35.5. The summed E-state index contributed by atoms with van der Waals surface area (Å²) < 4.78 is 17.7. The van der Waals surface area contributed by atoms with Gasteiger partial charge in [0.25, 0.3) is 5.91 Å². The van der Waals surface area contributed by atoms with Crippen molar-refractivity contribution in [3.63, 3.8) is 0 Å². The maximum absolute atomic E-state index is 11.8. The molecule has 1 aliphatic rings. The summed E-state index contributed by atoms with van der Waals surface area (Å²) >= 11 is 12.3. The van der Waals surface area contributed by atoms with Crippen molar-refractivity contribution in [3.8, 4) is 17.2 Å². The molecule has 1 fully saturated rings. The van der Waals surface area contributed by atoms with Crippen molar-refractivity contribution in [3.05, 3.63) is 58.0 Å². The first-order chi connectivity index (χ1) is 14.1. The molecule has 0 aliphatic carbocycles. The third kappa shape index (κ3) is 6.13. The van der Waals surface area contributed by atoms with Gasteiger partial charge in [0.15, 0.2) is 11.5 Å². The van der Waals surface area contributed by atoms with Gasteiger partial charge in [-0.15, -0.1) is 0 Å². The monoisotopic (exact) mass is 449 g/mol. The normalized spacial score (nSPS) is 14.8. The smallest absolute Gasteiger partial charge is 0.263 e. The molecule has 1 heterocycles. The van der Waals surface area contributed by atoms with E-state index in [2.05, 4.69) is 5.32 Å². The van der Waals surface area contributed by atoms with Crippen molar-refractivity contribution < 1.29 is 19.0 Å². The molecule has 0 spiro atoms. The average molecular weight is 450 g/mol. The van der Waals surface area contributed by atoms with Crippen molar-refractivity contribution >= 4 is 51.9 Å². The molecule has 8 heteroatoms. The van der Waals surface area contributed by atoms with Gasteiger partial charge in [0.05, 0.1) is 29.7 Å². The van der Waals surface area contributed by atoms with Gasteiger partial charge in [-0.3, -0.25) is 4.79 Å². The number of thioether (sulfide) groups is 1. The molecular formula is C21H20ClNO4S2. The highest BCUT2D eigenvalue weighted by Gasteiger charge is 2.22. The molecule has 5 nitrogen and oxygen atoms in total. The van der Waals surface area contributed by atoms with Crippen LogP contribution in [0.1, 0.15) is 18.9 Å². The number of hydrogen-bond acceptors (Lipinski definition) is 6. The van der Waals surface area contributed by atoms with E-state index in [1.165, 1.54) is 11.8 Å². The molecule has 0 atom stereocenters.